The lowest BCUT2D eigenvalue weighted by atomic mass is 9.85. The molecule has 0 saturated heterocycles. The number of nitrogens with one attached hydrogen (secondary N) is 1. The molecule has 5 rings (SSSR count). The van der Waals surface area contributed by atoms with Gasteiger partial charge in [-0.2, -0.15) is 0 Å². The number of hydrogen-bond donors (Lipinski definition) is 1. The number of carbonyl (C=O) groups is 2. The van der Waals surface area contributed by atoms with E-state index in [1.54, 1.807) is 25.1 Å². The van der Waals surface area contributed by atoms with Crippen molar-refractivity contribution in [3.63, 3.8) is 0 Å². The second-order valence-electron chi connectivity index (χ2n) is 9.61. The number of nitrogens with zero attached hydrogens (tertiary/aromatic N) is 3. The standard InChI is InChI=1S/C26H29FN4O2/c1-17-9-3-6-12-20(17)29-25(33)26(2)16-30-22-14-8-7-13-21(22)28-23(30)24(32)31(26)15-18-10-4-5-11-19(18)27/h4-5,7-8,10-11,13-14,17,20H,3,6,9,12,15-16H2,1-2H3,(H,29,33)/t17-,20-,26-/m1/s1. The van der Waals surface area contributed by atoms with Gasteiger partial charge in [0.05, 0.1) is 24.1 Å². The van der Waals surface area contributed by atoms with Crippen LogP contribution < -0.4 is 5.32 Å². The van der Waals surface area contributed by atoms with Gasteiger partial charge in [-0.25, -0.2) is 9.37 Å². The molecule has 2 amide bonds. The van der Waals surface area contributed by atoms with Crippen LogP contribution in [0.3, 0.4) is 0 Å². The molecule has 1 fully saturated rings. The number of fused-ring (bicyclic) bond motifs is 3. The fourth-order valence-electron chi connectivity index (χ4n) is 5.23. The highest BCUT2D eigenvalue weighted by molar-refractivity contribution is 6.01. The normalized spacial score (nSPS) is 25.2. The molecule has 2 aliphatic rings. The highest BCUT2D eigenvalue weighted by atomic mass is 19.1. The molecule has 2 heterocycles. The van der Waals surface area contributed by atoms with E-state index in [-0.39, 0.29) is 36.8 Å². The Kier molecular flexibility index (Phi) is 5.43. The van der Waals surface area contributed by atoms with Crippen LogP contribution in [0.1, 0.15) is 55.7 Å². The van der Waals surface area contributed by atoms with Crippen molar-refractivity contribution in [2.45, 2.75) is 64.2 Å². The second-order valence-corrected chi connectivity index (χ2v) is 9.61. The van der Waals surface area contributed by atoms with Gasteiger partial charge in [0, 0.05) is 11.6 Å². The van der Waals surface area contributed by atoms with Crippen molar-refractivity contribution in [3.05, 3.63) is 65.7 Å². The Morgan fingerprint density at radius 2 is 1.88 bits per heavy atom. The summed E-state index contributed by atoms with van der Waals surface area (Å²) in [5.74, 6) is -0.295. The predicted octanol–water partition coefficient (Wildman–Crippen LogP) is 4.29. The van der Waals surface area contributed by atoms with Crippen LogP contribution >= 0.6 is 0 Å². The van der Waals surface area contributed by atoms with E-state index in [1.165, 1.54) is 17.4 Å². The molecule has 1 aliphatic carbocycles. The third-order valence-corrected chi connectivity index (χ3v) is 7.36. The first-order valence-electron chi connectivity index (χ1n) is 11.7. The number of rotatable bonds is 4. The molecule has 0 spiro atoms. The van der Waals surface area contributed by atoms with Gasteiger partial charge in [-0.3, -0.25) is 9.59 Å². The molecule has 0 unspecified atom stereocenters. The summed E-state index contributed by atoms with van der Waals surface area (Å²) in [5, 5.41) is 3.24. The maximum absolute atomic E-state index is 14.6. The van der Waals surface area contributed by atoms with Gasteiger partial charge in [0.15, 0.2) is 5.82 Å². The lowest BCUT2D eigenvalue weighted by Crippen LogP contribution is -2.65. The molecule has 1 aromatic heterocycles. The number of para-hydroxylation sites is 2. The Morgan fingerprint density at radius 3 is 2.67 bits per heavy atom. The number of imidazole rings is 1. The minimum atomic E-state index is -1.19. The highest BCUT2D eigenvalue weighted by Crippen LogP contribution is 2.33. The molecule has 2 aromatic carbocycles. The first-order valence-corrected chi connectivity index (χ1v) is 11.7. The Hall–Kier alpha value is -3.22. The number of aromatic nitrogens is 2. The van der Waals surface area contributed by atoms with Crippen LogP contribution in [0.15, 0.2) is 48.5 Å². The zero-order valence-corrected chi connectivity index (χ0v) is 19.1. The Balaban J connectivity index is 1.56. The first-order chi connectivity index (χ1) is 15.9. The molecule has 7 heteroatoms. The molecule has 172 valence electrons. The van der Waals surface area contributed by atoms with Crippen molar-refractivity contribution in [2.75, 3.05) is 0 Å². The maximum Gasteiger partial charge on any atom is 0.291 e. The lowest BCUT2D eigenvalue weighted by Gasteiger charge is -2.44. The van der Waals surface area contributed by atoms with Crippen molar-refractivity contribution < 1.29 is 14.0 Å². The van der Waals surface area contributed by atoms with Crippen molar-refractivity contribution in [2.24, 2.45) is 5.92 Å². The predicted molar refractivity (Wildman–Crippen MR) is 124 cm³/mol. The molecule has 1 saturated carbocycles. The van der Waals surface area contributed by atoms with Crippen LogP contribution in [0.4, 0.5) is 4.39 Å². The molecular formula is C26H29FN4O2. The summed E-state index contributed by atoms with van der Waals surface area (Å²) >= 11 is 0. The summed E-state index contributed by atoms with van der Waals surface area (Å²) in [6.07, 6.45) is 4.27. The van der Waals surface area contributed by atoms with E-state index in [1.807, 2.05) is 28.8 Å². The van der Waals surface area contributed by atoms with E-state index in [4.69, 9.17) is 0 Å². The summed E-state index contributed by atoms with van der Waals surface area (Å²) in [6, 6.07) is 14.0. The summed E-state index contributed by atoms with van der Waals surface area (Å²) in [4.78, 5) is 33.6. The van der Waals surface area contributed by atoms with Gasteiger partial charge >= 0.3 is 0 Å². The van der Waals surface area contributed by atoms with E-state index in [9.17, 15) is 14.0 Å². The van der Waals surface area contributed by atoms with Crippen LogP contribution in [0.5, 0.6) is 0 Å². The zero-order valence-electron chi connectivity index (χ0n) is 19.1. The van der Waals surface area contributed by atoms with Gasteiger partial charge in [-0.05, 0) is 43.9 Å². The number of amides is 2. The summed E-state index contributed by atoms with van der Waals surface area (Å²) in [7, 11) is 0. The van der Waals surface area contributed by atoms with E-state index in [0.29, 0.717) is 17.0 Å². The molecule has 3 aromatic rings. The number of halogens is 1. The Labute approximate surface area is 192 Å². The zero-order chi connectivity index (χ0) is 23.2. The molecule has 6 nitrogen and oxygen atoms in total. The van der Waals surface area contributed by atoms with Gasteiger partial charge in [0.1, 0.15) is 11.4 Å². The monoisotopic (exact) mass is 448 g/mol. The molecule has 1 N–H and O–H groups in total. The third kappa shape index (κ3) is 3.69. The fourth-order valence-corrected chi connectivity index (χ4v) is 5.23. The summed E-state index contributed by atoms with van der Waals surface area (Å²) < 4.78 is 16.4. The van der Waals surface area contributed by atoms with Gasteiger partial charge < -0.3 is 14.8 Å². The van der Waals surface area contributed by atoms with Gasteiger partial charge in [0.2, 0.25) is 5.91 Å². The van der Waals surface area contributed by atoms with Crippen LogP contribution in [0.2, 0.25) is 0 Å². The first kappa shape index (κ1) is 21.6. The molecular weight excluding hydrogens is 419 g/mol. The molecule has 0 bridgehead atoms. The second kappa shape index (κ2) is 8.28. The smallest absolute Gasteiger partial charge is 0.291 e. The van der Waals surface area contributed by atoms with Crippen molar-refractivity contribution in [1.29, 1.82) is 0 Å². The molecule has 1 aliphatic heterocycles. The average molecular weight is 449 g/mol. The number of hydrogen-bond acceptors (Lipinski definition) is 3. The number of carbonyl (C=O) groups excluding carboxylic acids is 2. The van der Waals surface area contributed by atoms with E-state index < -0.39 is 11.4 Å². The van der Waals surface area contributed by atoms with E-state index in [0.717, 1.165) is 24.8 Å². The van der Waals surface area contributed by atoms with Crippen LogP contribution in [-0.2, 0) is 17.9 Å². The van der Waals surface area contributed by atoms with Crippen LogP contribution in [0.25, 0.3) is 11.0 Å². The van der Waals surface area contributed by atoms with Crippen molar-refractivity contribution >= 4 is 22.8 Å². The third-order valence-electron chi connectivity index (χ3n) is 7.36. The Bertz CT molecular complexity index is 1220. The molecule has 33 heavy (non-hydrogen) atoms. The van der Waals surface area contributed by atoms with Crippen molar-refractivity contribution in [3.8, 4) is 0 Å². The quantitative estimate of drug-likeness (QED) is 0.648. The minimum absolute atomic E-state index is 0.00114. The summed E-state index contributed by atoms with van der Waals surface area (Å²) in [5.41, 5.74) is 0.710. The largest absolute Gasteiger partial charge is 0.351 e. The SMILES string of the molecule is C[C@@H]1CCCC[C@H]1NC(=O)[C@@]1(C)Cn2c(nc3ccccc32)C(=O)N1Cc1ccccc1F. The highest BCUT2D eigenvalue weighted by Gasteiger charge is 2.49. The maximum atomic E-state index is 14.6. The van der Waals surface area contributed by atoms with E-state index >= 15 is 0 Å². The van der Waals surface area contributed by atoms with Gasteiger partial charge in [-0.15, -0.1) is 0 Å². The van der Waals surface area contributed by atoms with Crippen LogP contribution in [0, 0.1) is 11.7 Å². The van der Waals surface area contributed by atoms with Gasteiger partial charge in [-0.1, -0.05) is 50.1 Å². The van der Waals surface area contributed by atoms with Crippen LogP contribution in [-0.4, -0.2) is 37.8 Å². The Morgan fingerprint density at radius 1 is 1.15 bits per heavy atom. The average Bonchev–Trinajstić information content (AvgIpc) is 3.18. The van der Waals surface area contributed by atoms with Gasteiger partial charge in [0.25, 0.3) is 5.91 Å². The minimum Gasteiger partial charge on any atom is -0.351 e. The lowest BCUT2D eigenvalue weighted by molar-refractivity contribution is -0.134. The fraction of sp³-hybridized carbons (Fsp3) is 0.423. The molecule has 0 radical (unpaired) electrons. The topological polar surface area (TPSA) is 67.2 Å². The summed E-state index contributed by atoms with van der Waals surface area (Å²) in [6.45, 7) is 4.21. The number of benzene rings is 2. The molecule has 3 atom stereocenters. The van der Waals surface area contributed by atoms with E-state index in [2.05, 4.69) is 17.2 Å². The van der Waals surface area contributed by atoms with Crippen molar-refractivity contribution in [1.82, 2.24) is 19.8 Å².